The highest BCUT2D eigenvalue weighted by Gasteiger charge is 2.36. The Morgan fingerprint density at radius 1 is 1.67 bits per heavy atom. The normalized spacial score (nSPS) is 20.3. The van der Waals surface area contributed by atoms with Gasteiger partial charge < -0.3 is 5.32 Å². The molecule has 5 heteroatoms. The van der Waals surface area contributed by atoms with Gasteiger partial charge in [-0.05, 0) is 0 Å². The predicted molar refractivity (Wildman–Crippen MR) is 52.3 cm³/mol. The summed E-state index contributed by atoms with van der Waals surface area (Å²) in [5.41, 5.74) is 0. The average molecular weight is 208 g/mol. The van der Waals surface area contributed by atoms with E-state index in [9.17, 15) is 14.4 Å². The number of imide groups is 1. The summed E-state index contributed by atoms with van der Waals surface area (Å²) in [4.78, 5) is 34.9. The molecule has 0 aromatic heterocycles. The van der Waals surface area contributed by atoms with Gasteiger partial charge in [-0.1, -0.05) is 12.8 Å². The maximum Gasteiger partial charge on any atom is 0.240 e. The van der Waals surface area contributed by atoms with Crippen molar-refractivity contribution in [3.8, 4) is 12.3 Å². The Hall–Kier alpha value is -1.83. The molecule has 5 nitrogen and oxygen atoms in total. The molecule has 1 rings (SSSR count). The molecular weight excluding hydrogens is 196 g/mol. The first-order valence-electron chi connectivity index (χ1n) is 4.60. The van der Waals surface area contributed by atoms with E-state index in [0.717, 1.165) is 4.90 Å². The molecule has 1 fully saturated rings. The van der Waals surface area contributed by atoms with Gasteiger partial charge in [0.1, 0.15) is 6.54 Å². The van der Waals surface area contributed by atoms with Gasteiger partial charge in [-0.15, -0.1) is 6.42 Å². The fourth-order valence-corrected chi connectivity index (χ4v) is 1.36. The molecule has 1 aliphatic heterocycles. The maximum absolute atomic E-state index is 11.4. The molecule has 0 aliphatic carbocycles. The average Bonchev–Trinajstić information content (AvgIpc) is 2.42. The van der Waals surface area contributed by atoms with Crippen LogP contribution in [0.25, 0.3) is 0 Å². The third-order valence-electron chi connectivity index (χ3n) is 2.16. The van der Waals surface area contributed by atoms with Crippen LogP contribution in [0.2, 0.25) is 0 Å². The van der Waals surface area contributed by atoms with Crippen LogP contribution in [0.1, 0.15) is 13.3 Å². The van der Waals surface area contributed by atoms with E-state index in [1.807, 2.05) is 0 Å². The zero-order valence-corrected chi connectivity index (χ0v) is 8.45. The quantitative estimate of drug-likeness (QED) is 0.484. The van der Waals surface area contributed by atoms with Gasteiger partial charge in [0.25, 0.3) is 0 Å². The van der Waals surface area contributed by atoms with Crippen LogP contribution in [0.4, 0.5) is 0 Å². The smallest absolute Gasteiger partial charge is 0.240 e. The van der Waals surface area contributed by atoms with Crippen molar-refractivity contribution in [1.29, 1.82) is 0 Å². The van der Waals surface area contributed by atoms with E-state index in [1.54, 1.807) is 6.92 Å². The molecule has 0 aromatic carbocycles. The first-order chi connectivity index (χ1) is 7.06. The fraction of sp³-hybridized carbons (Fsp3) is 0.500. The van der Waals surface area contributed by atoms with Crippen molar-refractivity contribution in [2.75, 3.05) is 13.1 Å². The number of hydrogen-bond acceptors (Lipinski definition) is 3. The lowest BCUT2D eigenvalue weighted by atomic mass is 10.1. The first kappa shape index (κ1) is 11.2. The molecule has 0 radical (unpaired) electrons. The second kappa shape index (κ2) is 4.60. The Kier molecular flexibility index (Phi) is 3.45. The second-order valence-corrected chi connectivity index (χ2v) is 3.40. The Balaban J connectivity index is 2.52. The van der Waals surface area contributed by atoms with Gasteiger partial charge in [-0.2, -0.15) is 0 Å². The van der Waals surface area contributed by atoms with E-state index in [0.29, 0.717) is 0 Å². The van der Waals surface area contributed by atoms with Crippen LogP contribution in [-0.2, 0) is 14.4 Å². The van der Waals surface area contributed by atoms with Crippen molar-refractivity contribution < 1.29 is 14.4 Å². The second-order valence-electron chi connectivity index (χ2n) is 3.40. The number of nitrogens with one attached hydrogen (secondary N) is 1. The van der Waals surface area contributed by atoms with Crippen molar-refractivity contribution in [3.05, 3.63) is 0 Å². The van der Waals surface area contributed by atoms with Crippen LogP contribution in [0.5, 0.6) is 0 Å². The van der Waals surface area contributed by atoms with Gasteiger partial charge in [-0.3, -0.25) is 19.3 Å². The number of nitrogens with zero attached hydrogens (tertiary/aromatic N) is 1. The van der Waals surface area contributed by atoms with Crippen LogP contribution in [0, 0.1) is 18.3 Å². The van der Waals surface area contributed by atoms with E-state index in [1.165, 1.54) is 0 Å². The summed E-state index contributed by atoms with van der Waals surface area (Å²) in [7, 11) is 0. The molecule has 1 saturated heterocycles. The maximum atomic E-state index is 11.4. The van der Waals surface area contributed by atoms with Crippen LogP contribution in [0.3, 0.4) is 0 Å². The fourth-order valence-electron chi connectivity index (χ4n) is 1.36. The van der Waals surface area contributed by atoms with Gasteiger partial charge in [-0.25, -0.2) is 0 Å². The summed E-state index contributed by atoms with van der Waals surface area (Å²) in [5.74, 6) is 0.902. The summed E-state index contributed by atoms with van der Waals surface area (Å²) in [6, 6.07) is 0. The summed E-state index contributed by atoms with van der Waals surface area (Å²) in [5, 5.41) is 2.39. The predicted octanol–water partition coefficient (Wildman–Crippen LogP) is -0.869. The molecular formula is C10H12N2O3. The molecule has 1 atom stereocenters. The highest BCUT2D eigenvalue weighted by molar-refractivity contribution is 6.05. The summed E-state index contributed by atoms with van der Waals surface area (Å²) in [6.07, 6.45) is 5.13. The van der Waals surface area contributed by atoms with Crippen molar-refractivity contribution in [1.82, 2.24) is 10.2 Å². The Labute approximate surface area is 87.8 Å². The molecule has 1 heterocycles. The molecule has 80 valence electrons. The van der Waals surface area contributed by atoms with E-state index in [-0.39, 0.29) is 37.2 Å². The first-order valence-corrected chi connectivity index (χ1v) is 4.60. The zero-order valence-electron chi connectivity index (χ0n) is 8.45. The molecule has 0 aromatic rings. The monoisotopic (exact) mass is 208 g/mol. The Bertz CT molecular complexity index is 343. The molecule has 0 bridgehead atoms. The number of rotatable bonds is 3. The topological polar surface area (TPSA) is 66.5 Å². The number of amides is 3. The lowest BCUT2D eigenvalue weighted by molar-refractivity contribution is -0.143. The van der Waals surface area contributed by atoms with Crippen LogP contribution in [0.15, 0.2) is 0 Å². The SMILES string of the molecule is C#CCNC(=O)CN1C(=O)CC(C)C1=O. The minimum atomic E-state index is -0.413. The van der Waals surface area contributed by atoms with Crippen LogP contribution >= 0.6 is 0 Å². The number of likely N-dealkylation sites (tertiary alicyclic amines) is 1. The van der Waals surface area contributed by atoms with Crippen LogP contribution in [-0.4, -0.2) is 35.7 Å². The van der Waals surface area contributed by atoms with E-state index in [2.05, 4.69) is 11.2 Å². The lowest BCUT2D eigenvalue weighted by Crippen LogP contribution is -2.40. The third kappa shape index (κ3) is 2.56. The van der Waals surface area contributed by atoms with Gasteiger partial charge in [0, 0.05) is 12.3 Å². The van der Waals surface area contributed by atoms with E-state index < -0.39 is 5.91 Å². The molecule has 15 heavy (non-hydrogen) atoms. The summed E-state index contributed by atoms with van der Waals surface area (Å²) in [6.45, 7) is 1.54. The third-order valence-corrected chi connectivity index (χ3v) is 2.16. The van der Waals surface area contributed by atoms with E-state index in [4.69, 9.17) is 6.42 Å². The molecule has 0 spiro atoms. The van der Waals surface area contributed by atoms with Crippen molar-refractivity contribution in [2.45, 2.75) is 13.3 Å². The van der Waals surface area contributed by atoms with Crippen LogP contribution < -0.4 is 5.32 Å². The largest absolute Gasteiger partial charge is 0.344 e. The number of carbonyl (C=O) groups excluding carboxylic acids is 3. The number of terminal acetylenes is 1. The minimum Gasteiger partial charge on any atom is -0.344 e. The summed E-state index contributed by atoms with van der Waals surface area (Å²) >= 11 is 0. The standard InChI is InChI=1S/C10H12N2O3/c1-3-4-11-8(13)6-12-9(14)5-7(2)10(12)15/h1,7H,4-6H2,2H3,(H,11,13). The molecule has 3 amide bonds. The van der Waals surface area contributed by atoms with Gasteiger partial charge in [0.2, 0.25) is 17.7 Å². The minimum absolute atomic E-state index is 0.102. The molecule has 1 aliphatic rings. The molecule has 1 unspecified atom stereocenters. The van der Waals surface area contributed by atoms with Crippen molar-refractivity contribution in [3.63, 3.8) is 0 Å². The number of carbonyl (C=O) groups is 3. The van der Waals surface area contributed by atoms with Gasteiger partial charge in [0.15, 0.2) is 0 Å². The highest BCUT2D eigenvalue weighted by atomic mass is 16.2. The van der Waals surface area contributed by atoms with Gasteiger partial charge >= 0.3 is 0 Å². The van der Waals surface area contributed by atoms with Crippen molar-refractivity contribution in [2.24, 2.45) is 5.92 Å². The zero-order chi connectivity index (χ0) is 11.4. The Morgan fingerprint density at radius 3 is 2.80 bits per heavy atom. The van der Waals surface area contributed by atoms with Crippen molar-refractivity contribution >= 4 is 17.7 Å². The van der Waals surface area contributed by atoms with Gasteiger partial charge in [0.05, 0.1) is 6.54 Å². The highest BCUT2D eigenvalue weighted by Crippen LogP contribution is 2.17. The molecule has 0 saturated carbocycles. The molecule has 1 N–H and O–H groups in total. The lowest BCUT2D eigenvalue weighted by Gasteiger charge is -2.12. The summed E-state index contributed by atoms with van der Waals surface area (Å²) < 4.78 is 0. The Morgan fingerprint density at radius 2 is 2.33 bits per heavy atom. The number of hydrogen-bond donors (Lipinski definition) is 1. The van der Waals surface area contributed by atoms with E-state index >= 15 is 0 Å².